The molecule has 1 aromatic heterocycles. The summed E-state index contributed by atoms with van der Waals surface area (Å²) in [5.41, 5.74) is -0.918. The molecule has 0 bridgehead atoms. The van der Waals surface area contributed by atoms with E-state index >= 15 is 0 Å². The van der Waals surface area contributed by atoms with Crippen LogP contribution in [0.1, 0.15) is 18.2 Å². The number of aliphatic hydroxyl groups is 1. The minimum Gasteiger partial charge on any atom is -0.390 e. The van der Waals surface area contributed by atoms with Gasteiger partial charge in [-0.1, -0.05) is 0 Å². The van der Waals surface area contributed by atoms with Crippen molar-refractivity contribution in [1.82, 2.24) is 9.55 Å². The third-order valence-corrected chi connectivity index (χ3v) is 3.55. The molecule has 3 atom stereocenters. The fourth-order valence-corrected chi connectivity index (χ4v) is 2.35. The number of H-pyrrole nitrogens is 1. The summed E-state index contributed by atoms with van der Waals surface area (Å²) < 4.78 is 21.4. The molecule has 0 unspecified atom stereocenters. The van der Waals surface area contributed by atoms with Crippen molar-refractivity contribution >= 4 is 7.82 Å². The fourth-order valence-electron chi connectivity index (χ4n) is 2.01. The summed E-state index contributed by atoms with van der Waals surface area (Å²) in [4.78, 5) is 42.3. The number of nitrogens with zero attached hydrogens (tertiary/aromatic N) is 1. The van der Waals surface area contributed by atoms with Crippen LogP contribution in [0.15, 0.2) is 15.8 Å². The lowest BCUT2D eigenvalue weighted by atomic mass is 10.2. The number of phosphoric ester groups is 1. The highest BCUT2D eigenvalue weighted by Gasteiger charge is 2.37. The first-order valence-corrected chi connectivity index (χ1v) is 7.56. The highest BCUT2D eigenvalue weighted by atomic mass is 31.2. The van der Waals surface area contributed by atoms with Gasteiger partial charge in [0.05, 0.1) is 12.7 Å². The molecule has 1 aromatic rings. The van der Waals surface area contributed by atoms with Crippen molar-refractivity contribution < 1.29 is 28.7 Å². The van der Waals surface area contributed by atoms with Gasteiger partial charge in [-0.3, -0.25) is 18.9 Å². The van der Waals surface area contributed by atoms with E-state index in [-0.39, 0.29) is 6.42 Å². The Kier molecular flexibility index (Phi) is 4.47. The summed E-state index contributed by atoms with van der Waals surface area (Å²) in [6.45, 7) is 0.994. The third kappa shape index (κ3) is 3.88. The SMILES string of the molecule is Cc1cn([C@@H]2C[C@@H](O)[C@H](COP(=O)(O)O)O2)c(=O)[nH]c1=O. The van der Waals surface area contributed by atoms with Crippen molar-refractivity contribution in [3.05, 3.63) is 32.6 Å². The van der Waals surface area contributed by atoms with E-state index in [0.29, 0.717) is 5.56 Å². The molecular weight excluding hydrogens is 307 g/mol. The maximum atomic E-state index is 11.7. The average Bonchev–Trinajstić information content (AvgIpc) is 2.72. The van der Waals surface area contributed by atoms with Crippen LogP contribution in [0.4, 0.5) is 0 Å². The summed E-state index contributed by atoms with van der Waals surface area (Å²) in [6, 6.07) is 0. The molecule has 0 spiro atoms. The van der Waals surface area contributed by atoms with Gasteiger partial charge in [0.25, 0.3) is 5.56 Å². The van der Waals surface area contributed by atoms with Gasteiger partial charge in [-0.2, -0.15) is 0 Å². The lowest BCUT2D eigenvalue weighted by molar-refractivity contribution is -0.0451. The normalized spacial score (nSPS) is 26.2. The minimum atomic E-state index is -4.67. The molecule has 21 heavy (non-hydrogen) atoms. The monoisotopic (exact) mass is 322 g/mol. The quantitative estimate of drug-likeness (QED) is 0.494. The molecule has 4 N–H and O–H groups in total. The molecule has 118 valence electrons. The van der Waals surface area contributed by atoms with E-state index in [9.17, 15) is 19.3 Å². The summed E-state index contributed by atoms with van der Waals surface area (Å²) in [5, 5.41) is 9.79. The van der Waals surface area contributed by atoms with Crippen LogP contribution in [0.2, 0.25) is 0 Å². The number of hydrogen-bond acceptors (Lipinski definition) is 6. The van der Waals surface area contributed by atoms with Crippen LogP contribution in [0, 0.1) is 6.92 Å². The van der Waals surface area contributed by atoms with Crippen molar-refractivity contribution in [1.29, 1.82) is 0 Å². The van der Waals surface area contributed by atoms with Crippen molar-refractivity contribution in [2.45, 2.75) is 31.8 Å². The molecule has 2 rings (SSSR count). The number of ether oxygens (including phenoxy) is 1. The van der Waals surface area contributed by atoms with Crippen molar-refractivity contribution in [2.24, 2.45) is 0 Å². The van der Waals surface area contributed by atoms with Gasteiger partial charge in [0.15, 0.2) is 0 Å². The Morgan fingerprint density at radius 2 is 2.19 bits per heavy atom. The van der Waals surface area contributed by atoms with Gasteiger partial charge in [0, 0.05) is 18.2 Å². The number of phosphoric acid groups is 1. The van der Waals surface area contributed by atoms with Gasteiger partial charge in [-0.15, -0.1) is 0 Å². The zero-order valence-electron chi connectivity index (χ0n) is 11.0. The van der Waals surface area contributed by atoms with Gasteiger partial charge < -0.3 is 19.6 Å². The van der Waals surface area contributed by atoms with Crippen LogP contribution in [0.3, 0.4) is 0 Å². The molecule has 0 radical (unpaired) electrons. The molecule has 2 heterocycles. The predicted octanol–water partition coefficient (Wildman–Crippen LogP) is -1.40. The second kappa shape index (κ2) is 5.84. The molecule has 1 fully saturated rings. The van der Waals surface area contributed by atoms with Crippen LogP contribution < -0.4 is 11.2 Å². The van der Waals surface area contributed by atoms with Crippen LogP contribution in [0.5, 0.6) is 0 Å². The van der Waals surface area contributed by atoms with E-state index in [0.717, 1.165) is 4.57 Å². The van der Waals surface area contributed by atoms with E-state index < -0.39 is 44.1 Å². The first-order valence-electron chi connectivity index (χ1n) is 6.03. The third-order valence-electron chi connectivity index (χ3n) is 3.07. The molecule has 0 aromatic carbocycles. The fraction of sp³-hybridized carbons (Fsp3) is 0.600. The number of hydrogen-bond donors (Lipinski definition) is 4. The van der Waals surface area contributed by atoms with Gasteiger partial charge in [-0.05, 0) is 6.92 Å². The Hall–Kier alpha value is -1.29. The zero-order chi connectivity index (χ0) is 15.8. The Morgan fingerprint density at radius 1 is 1.52 bits per heavy atom. The maximum Gasteiger partial charge on any atom is 0.469 e. The molecule has 0 saturated carbocycles. The zero-order valence-corrected chi connectivity index (χ0v) is 11.9. The van der Waals surface area contributed by atoms with Gasteiger partial charge in [0.1, 0.15) is 12.3 Å². The molecule has 11 heteroatoms. The molecule has 0 amide bonds. The minimum absolute atomic E-state index is 0.0283. The summed E-state index contributed by atoms with van der Waals surface area (Å²) in [6.07, 6.45) is -1.57. The molecule has 1 aliphatic rings. The van der Waals surface area contributed by atoms with Crippen molar-refractivity contribution in [2.75, 3.05) is 6.61 Å². The number of aromatic nitrogens is 2. The summed E-state index contributed by atoms with van der Waals surface area (Å²) in [7, 11) is -4.67. The standard InChI is InChI=1S/C10H15N2O8P/c1-5-3-12(10(15)11-9(5)14)8-2-6(13)7(20-8)4-19-21(16,17)18/h3,6-8,13H,2,4H2,1H3,(H,11,14,15)(H2,16,17,18)/t6-,7+,8+/m1/s1. The maximum absolute atomic E-state index is 11.7. The predicted molar refractivity (Wildman–Crippen MR) is 68.6 cm³/mol. The van der Waals surface area contributed by atoms with E-state index in [1.165, 1.54) is 13.1 Å². The van der Waals surface area contributed by atoms with Crippen molar-refractivity contribution in [3.8, 4) is 0 Å². The highest BCUT2D eigenvalue weighted by molar-refractivity contribution is 7.46. The molecule has 0 aliphatic carbocycles. The molecule has 10 nitrogen and oxygen atoms in total. The topological polar surface area (TPSA) is 151 Å². The van der Waals surface area contributed by atoms with E-state index in [1.807, 2.05) is 0 Å². The van der Waals surface area contributed by atoms with E-state index in [2.05, 4.69) is 9.51 Å². The number of aliphatic hydroxyl groups excluding tert-OH is 1. The van der Waals surface area contributed by atoms with Crippen LogP contribution in [0.25, 0.3) is 0 Å². The Morgan fingerprint density at radius 3 is 2.81 bits per heavy atom. The summed E-state index contributed by atoms with van der Waals surface area (Å²) >= 11 is 0. The molecule has 1 saturated heterocycles. The van der Waals surface area contributed by atoms with Gasteiger partial charge in [0.2, 0.25) is 0 Å². The van der Waals surface area contributed by atoms with E-state index in [4.69, 9.17) is 14.5 Å². The number of rotatable bonds is 4. The largest absolute Gasteiger partial charge is 0.469 e. The smallest absolute Gasteiger partial charge is 0.390 e. The Labute approximate surface area is 118 Å². The Bertz CT molecular complexity index is 676. The van der Waals surface area contributed by atoms with Crippen LogP contribution >= 0.6 is 7.82 Å². The average molecular weight is 322 g/mol. The second-order valence-electron chi connectivity index (χ2n) is 4.70. The number of nitrogens with one attached hydrogen (secondary N) is 1. The molecule has 1 aliphatic heterocycles. The number of aromatic amines is 1. The Balaban J connectivity index is 2.14. The highest BCUT2D eigenvalue weighted by Crippen LogP contribution is 2.38. The lowest BCUT2D eigenvalue weighted by Gasteiger charge is -2.16. The summed E-state index contributed by atoms with van der Waals surface area (Å²) in [5.74, 6) is 0. The van der Waals surface area contributed by atoms with Crippen LogP contribution in [-0.4, -0.2) is 43.3 Å². The van der Waals surface area contributed by atoms with E-state index in [1.54, 1.807) is 0 Å². The first kappa shape index (κ1) is 16.1. The van der Waals surface area contributed by atoms with Gasteiger partial charge >= 0.3 is 13.5 Å². The van der Waals surface area contributed by atoms with Crippen LogP contribution in [-0.2, 0) is 13.8 Å². The number of aryl methyl sites for hydroxylation is 1. The van der Waals surface area contributed by atoms with Gasteiger partial charge in [-0.25, -0.2) is 9.36 Å². The lowest BCUT2D eigenvalue weighted by Crippen LogP contribution is -2.33. The first-order chi connectivity index (χ1) is 9.67. The molecular formula is C10H15N2O8P. The van der Waals surface area contributed by atoms with Crippen molar-refractivity contribution in [3.63, 3.8) is 0 Å². The second-order valence-corrected chi connectivity index (χ2v) is 5.94.